The Bertz CT molecular complexity index is 1230. The van der Waals surface area contributed by atoms with Gasteiger partial charge in [0.15, 0.2) is 0 Å². The molecule has 0 aromatic rings. The summed E-state index contributed by atoms with van der Waals surface area (Å²) in [5.41, 5.74) is 4.24. The third kappa shape index (κ3) is 8.08. The van der Waals surface area contributed by atoms with Gasteiger partial charge in [-0.05, 0) is 35.0 Å². The van der Waals surface area contributed by atoms with Gasteiger partial charge in [-0.3, -0.25) is 19.2 Å². The molecule has 5 amide bonds. The summed E-state index contributed by atoms with van der Waals surface area (Å²) in [6.07, 6.45) is 0.744. The van der Waals surface area contributed by atoms with E-state index < -0.39 is 69.3 Å². The second kappa shape index (κ2) is 13.7. The first-order chi connectivity index (χ1) is 20.0. The van der Waals surface area contributed by atoms with Gasteiger partial charge >= 0.3 is 6.03 Å². The number of Topliss-reactive ketones (excluding diaryl/α,β-unsaturated/α-hetero) is 1. The first-order valence-corrected chi connectivity index (χ1v) is 16.5. The third-order valence-electron chi connectivity index (χ3n) is 9.03. The number of nitrogens with zero attached hydrogens (tertiary/aromatic N) is 3. The lowest BCUT2D eigenvalue weighted by Gasteiger charge is -2.38. The minimum Gasteiger partial charge on any atom is -0.363 e. The Kier molecular flexibility index (Phi) is 11.6. The summed E-state index contributed by atoms with van der Waals surface area (Å²) in [5.74, 6) is -3.26. The predicted octanol–water partition coefficient (Wildman–Crippen LogP) is 0.285. The van der Waals surface area contributed by atoms with Crippen molar-refractivity contribution in [3.8, 4) is 0 Å². The van der Waals surface area contributed by atoms with Gasteiger partial charge in [-0.1, -0.05) is 61.8 Å². The van der Waals surface area contributed by atoms with Crippen molar-refractivity contribution in [2.45, 2.75) is 92.4 Å². The van der Waals surface area contributed by atoms with Gasteiger partial charge in [0.05, 0.1) is 6.04 Å². The Labute approximate surface area is 262 Å². The van der Waals surface area contributed by atoms with Crippen molar-refractivity contribution in [2.24, 2.45) is 34.3 Å². The van der Waals surface area contributed by atoms with Gasteiger partial charge in [0.2, 0.25) is 17.6 Å². The van der Waals surface area contributed by atoms with E-state index in [1.807, 2.05) is 34.6 Å². The lowest BCUT2D eigenvalue weighted by Crippen LogP contribution is -2.62. The summed E-state index contributed by atoms with van der Waals surface area (Å²) in [4.78, 5) is 66.6. The number of carbonyl (C=O) groups is 5. The zero-order valence-corrected chi connectivity index (χ0v) is 28.9. The number of urea groups is 1. The Hall–Kier alpha value is -2.78. The van der Waals surface area contributed by atoms with Gasteiger partial charge in [0.25, 0.3) is 16.1 Å². The molecule has 1 saturated carbocycles. The standard InChI is InChI=1S/C29H53N7O7S/c1-12-13-18(22(37)24(30)38)31-25(39)21-20-17(29(20,7)8)14-36(21)26(40)23(28(4,5)6)33-27(41)32-19(16(2)3)15-35(11)44(42,43)34(9)10/h16-21,23H,12-15H2,1-11H3,(H2,30,38)(H,31,39)(H2,32,33,41)/t17-,18?,19+,20-,21-,23+/m0/s1. The average Bonchev–Trinajstić information content (AvgIpc) is 3.21. The number of hydrogen-bond acceptors (Lipinski definition) is 7. The highest BCUT2D eigenvalue weighted by molar-refractivity contribution is 7.86. The van der Waals surface area contributed by atoms with E-state index in [0.29, 0.717) is 13.0 Å². The highest BCUT2D eigenvalue weighted by Crippen LogP contribution is 2.65. The SMILES string of the molecule is CCCC(NC(=O)[C@@H]1[C@@H]2[C@H](CN1C(=O)[C@@H](NC(=O)N[C@H](CN(C)S(=O)(=O)N(C)C)C(C)C)C(C)(C)C)C2(C)C)C(=O)C(N)=O. The Morgan fingerprint density at radius 1 is 1.02 bits per heavy atom. The zero-order chi connectivity index (χ0) is 34.1. The molecule has 0 radical (unpaired) electrons. The lowest BCUT2D eigenvalue weighted by atomic mass is 9.85. The fourth-order valence-corrected chi connectivity index (χ4v) is 6.93. The molecule has 15 heteroatoms. The van der Waals surface area contributed by atoms with Crippen molar-refractivity contribution in [1.29, 1.82) is 0 Å². The Balaban J connectivity index is 2.30. The molecule has 0 bridgehead atoms. The van der Waals surface area contributed by atoms with Crippen molar-refractivity contribution in [3.63, 3.8) is 0 Å². The van der Waals surface area contributed by atoms with Crippen LogP contribution in [0.1, 0.15) is 68.2 Å². The molecule has 44 heavy (non-hydrogen) atoms. The van der Waals surface area contributed by atoms with Crippen LogP contribution in [0.2, 0.25) is 0 Å². The van der Waals surface area contributed by atoms with Crippen LogP contribution < -0.4 is 21.7 Å². The summed E-state index contributed by atoms with van der Waals surface area (Å²) in [6, 6.07) is -4.23. The molecule has 5 N–H and O–H groups in total. The van der Waals surface area contributed by atoms with E-state index in [4.69, 9.17) is 5.73 Å². The lowest BCUT2D eigenvalue weighted by molar-refractivity contribution is -0.145. The van der Waals surface area contributed by atoms with Crippen LogP contribution in [0.5, 0.6) is 0 Å². The van der Waals surface area contributed by atoms with Crippen LogP contribution in [0.3, 0.4) is 0 Å². The number of rotatable bonds is 14. The van der Waals surface area contributed by atoms with Crippen molar-refractivity contribution in [3.05, 3.63) is 0 Å². The first kappa shape index (κ1) is 37.4. The summed E-state index contributed by atoms with van der Waals surface area (Å²) >= 11 is 0. The van der Waals surface area contributed by atoms with Gasteiger partial charge in [-0.2, -0.15) is 17.0 Å². The van der Waals surface area contributed by atoms with Crippen LogP contribution in [-0.2, 0) is 29.4 Å². The van der Waals surface area contributed by atoms with E-state index in [1.54, 1.807) is 20.8 Å². The van der Waals surface area contributed by atoms with E-state index in [1.165, 1.54) is 26.0 Å². The molecular weight excluding hydrogens is 590 g/mol. The highest BCUT2D eigenvalue weighted by atomic mass is 32.2. The summed E-state index contributed by atoms with van der Waals surface area (Å²) < 4.78 is 27.3. The van der Waals surface area contributed by atoms with E-state index in [0.717, 1.165) is 8.61 Å². The molecule has 2 aliphatic rings. The number of amides is 5. The molecule has 14 nitrogen and oxygen atoms in total. The molecule has 1 unspecified atom stereocenters. The number of piperidine rings is 1. The Morgan fingerprint density at radius 2 is 1.59 bits per heavy atom. The van der Waals surface area contributed by atoms with Crippen molar-refractivity contribution in [2.75, 3.05) is 34.2 Å². The molecule has 1 heterocycles. The van der Waals surface area contributed by atoms with Gasteiger partial charge < -0.3 is 26.6 Å². The molecule has 0 aromatic heterocycles. The second-order valence-corrected chi connectivity index (χ2v) is 16.6. The first-order valence-electron chi connectivity index (χ1n) is 15.1. The number of likely N-dealkylation sites (tertiary alicyclic amines) is 1. The van der Waals surface area contributed by atoms with Crippen LogP contribution in [0.25, 0.3) is 0 Å². The average molecular weight is 644 g/mol. The molecule has 1 aliphatic carbocycles. The minimum atomic E-state index is -3.71. The van der Waals surface area contributed by atoms with Crippen LogP contribution in [-0.4, -0.2) is 110 Å². The number of likely N-dealkylation sites (N-methyl/N-ethyl adjacent to an activating group) is 1. The van der Waals surface area contributed by atoms with Crippen molar-refractivity contribution >= 4 is 39.7 Å². The molecule has 252 valence electrons. The second-order valence-electron chi connectivity index (χ2n) is 14.3. The zero-order valence-electron chi connectivity index (χ0n) is 28.1. The molecule has 1 saturated heterocycles. The van der Waals surface area contributed by atoms with Crippen molar-refractivity contribution in [1.82, 2.24) is 29.5 Å². The van der Waals surface area contributed by atoms with E-state index in [9.17, 15) is 32.4 Å². The Morgan fingerprint density at radius 3 is 2.05 bits per heavy atom. The number of hydrogen-bond donors (Lipinski definition) is 4. The third-order valence-corrected chi connectivity index (χ3v) is 10.9. The monoisotopic (exact) mass is 643 g/mol. The van der Waals surface area contributed by atoms with Crippen LogP contribution >= 0.6 is 0 Å². The summed E-state index contributed by atoms with van der Waals surface area (Å²) in [6.45, 7) is 15.3. The van der Waals surface area contributed by atoms with Crippen LogP contribution in [0, 0.1) is 28.6 Å². The number of fused-ring (bicyclic) bond motifs is 1. The number of nitrogens with one attached hydrogen (secondary N) is 3. The van der Waals surface area contributed by atoms with Gasteiger partial charge in [-0.25, -0.2) is 4.79 Å². The number of nitrogens with two attached hydrogens (primary N) is 1. The van der Waals surface area contributed by atoms with Gasteiger partial charge in [0, 0.05) is 40.3 Å². The fraction of sp³-hybridized carbons (Fsp3) is 0.828. The normalized spacial score (nSPS) is 23.1. The maximum absolute atomic E-state index is 14.1. The topological polar surface area (TPSA) is 191 Å². The smallest absolute Gasteiger partial charge is 0.315 e. The molecule has 0 aromatic carbocycles. The predicted molar refractivity (Wildman–Crippen MR) is 166 cm³/mol. The van der Waals surface area contributed by atoms with E-state index in [2.05, 4.69) is 16.0 Å². The maximum Gasteiger partial charge on any atom is 0.315 e. The molecule has 0 spiro atoms. The van der Waals surface area contributed by atoms with Crippen molar-refractivity contribution < 1.29 is 32.4 Å². The molecular formula is C29H53N7O7S. The minimum absolute atomic E-state index is 0.00942. The van der Waals surface area contributed by atoms with Crippen LogP contribution in [0.4, 0.5) is 4.79 Å². The molecule has 2 rings (SSSR count). The summed E-state index contributed by atoms with van der Waals surface area (Å²) in [5, 5.41) is 8.30. The fourth-order valence-electron chi connectivity index (χ4n) is 6.03. The largest absolute Gasteiger partial charge is 0.363 e. The number of ketones is 1. The van der Waals surface area contributed by atoms with E-state index in [-0.39, 0.29) is 36.1 Å². The summed E-state index contributed by atoms with van der Waals surface area (Å²) in [7, 11) is 0.566. The highest BCUT2D eigenvalue weighted by Gasteiger charge is 2.69. The van der Waals surface area contributed by atoms with Gasteiger partial charge in [-0.15, -0.1) is 0 Å². The molecule has 6 atom stereocenters. The molecule has 2 fully saturated rings. The van der Waals surface area contributed by atoms with E-state index >= 15 is 0 Å². The number of primary amides is 1. The van der Waals surface area contributed by atoms with Crippen LogP contribution in [0.15, 0.2) is 0 Å². The maximum atomic E-state index is 14.1. The van der Waals surface area contributed by atoms with Gasteiger partial charge in [0.1, 0.15) is 12.1 Å². The quantitative estimate of drug-likeness (QED) is 0.195. The molecule has 1 aliphatic heterocycles. The number of carbonyl (C=O) groups excluding carboxylic acids is 5.